The van der Waals surface area contributed by atoms with Gasteiger partial charge < -0.3 is 9.80 Å². The summed E-state index contributed by atoms with van der Waals surface area (Å²) < 4.78 is 0. The Kier molecular flexibility index (Phi) is 4.28. The van der Waals surface area contributed by atoms with Crippen LogP contribution in [0.1, 0.15) is 24.2 Å². The predicted molar refractivity (Wildman–Crippen MR) is 87.2 cm³/mol. The van der Waals surface area contributed by atoms with Gasteiger partial charge in [0.25, 0.3) is 0 Å². The average Bonchev–Trinajstić information content (AvgIpc) is 2.47. The fraction of sp³-hybridized carbons (Fsp3) is 0.353. The van der Waals surface area contributed by atoms with Gasteiger partial charge in [0.2, 0.25) is 0 Å². The Morgan fingerprint density at radius 2 is 1.70 bits per heavy atom. The monoisotopic (exact) mass is 270 g/mol. The Morgan fingerprint density at radius 1 is 1.00 bits per heavy atom. The molecule has 0 unspecified atom stereocenters. The molecule has 0 heterocycles. The van der Waals surface area contributed by atoms with Crippen LogP contribution >= 0.6 is 0 Å². The zero-order chi connectivity index (χ0) is 14.7. The zero-order valence-electron chi connectivity index (χ0n) is 12.7. The van der Waals surface area contributed by atoms with E-state index in [-0.39, 0.29) is 0 Å². The SMILES string of the molecule is CCN(CC)c1ccc(C=O)c2cccc(N(C)C)c12. The van der Waals surface area contributed by atoms with E-state index in [1.807, 2.05) is 32.3 Å². The minimum absolute atomic E-state index is 0.750. The van der Waals surface area contributed by atoms with Gasteiger partial charge in [0.05, 0.1) is 0 Å². The molecule has 0 amide bonds. The lowest BCUT2D eigenvalue weighted by Gasteiger charge is -2.26. The Morgan fingerprint density at radius 3 is 2.25 bits per heavy atom. The molecule has 0 fully saturated rings. The first-order chi connectivity index (χ1) is 9.63. The summed E-state index contributed by atoms with van der Waals surface area (Å²) in [6.45, 7) is 6.21. The smallest absolute Gasteiger partial charge is 0.150 e. The molecule has 0 radical (unpaired) electrons. The minimum atomic E-state index is 0.750. The van der Waals surface area contributed by atoms with Crippen LogP contribution in [-0.4, -0.2) is 33.5 Å². The van der Waals surface area contributed by atoms with E-state index in [4.69, 9.17) is 0 Å². The number of benzene rings is 2. The predicted octanol–water partition coefficient (Wildman–Crippen LogP) is 3.56. The number of hydrogen-bond donors (Lipinski definition) is 0. The molecule has 0 aliphatic rings. The molecule has 2 aromatic rings. The van der Waals surface area contributed by atoms with Gasteiger partial charge in [-0.1, -0.05) is 12.1 Å². The second-order valence-corrected chi connectivity index (χ2v) is 5.06. The van der Waals surface area contributed by atoms with Crippen molar-refractivity contribution in [2.45, 2.75) is 13.8 Å². The molecule has 0 saturated heterocycles. The fourth-order valence-electron chi connectivity index (χ4n) is 2.69. The Labute approximate surface area is 120 Å². The second kappa shape index (κ2) is 5.95. The topological polar surface area (TPSA) is 23.6 Å². The van der Waals surface area contributed by atoms with Gasteiger partial charge in [-0.3, -0.25) is 4.79 Å². The van der Waals surface area contributed by atoms with E-state index in [9.17, 15) is 4.79 Å². The highest BCUT2D eigenvalue weighted by atomic mass is 16.1. The van der Waals surface area contributed by atoms with E-state index in [2.05, 4.69) is 35.8 Å². The number of carbonyl (C=O) groups is 1. The highest BCUT2D eigenvalue weighted by Gasteiger charge is 2.14. The van der Waals surface area contributed by atoms with Gasteiger partial charge in [-0.05, 0) is 37.4 Å². The maximum atomic E-state index is 11.3. The van der Waals surface area contributed by atoms with Gasteiger partial charge in [0.15, 0.2) is 6.29 Å². The van der Waals surface area contributed by atoms with E-state index in [0.29, 0.717) is 0 Å². The van der Waals surface area contributed by atoms with Crippen molar-refractivity contribution in [2.75, 3.05) is 37.0 Å². The minimum Gasteiger partial charge on any atom is -0.377 e. The summed E-state index contributed by atoms with van der Waals surface area (Å²) in [4.78, 5) is 15.7. The lowest BCUT2D eigenvalue weighted by molar-refractivity contribution is 0.112. The molecule has 0 atom stereocenters. The van der Waals surface area contributed by atoms with Gasteiger partial charge in [0, 0.05) is 49.5 Å². The highest BCUT2D eigenvalue weighted by Crippen LogP contribution is 2.36. The van der Waals surface area contributed by atoms with Crippen molar-refractivity contribution in [1.29, 1.82) is 0 Å². The number of hydrogen-bond acceptors (Lipinski definition) is 3. The van der Waals surface area contributed by atoms with Crippen LogP contribution in [0.5, 0.6) is 0 Å². The third-order valence-corrected chi connectivity index (χ3v) is 3.74. The number of anilines is 2. The number of aldehydes is 1. The zero-order valence-corrected chi connectivity index (χ0v) is 12.7. The van der Waals surface area contributed by atoms with Crippen molar-refractivity contribution in [3.05, 3.63) is 35.9 Å². The lowest BCUT2D eigenvalue weighted by atomic mass is 10.0. The van der Waals surface area contributed by atoms with E-state index in [1.54, 1.807) is 0 Å². The third-order valence-electron chi connectivity index (χ3n) is 3.74. The van der Waals surface area contributed by atoms with Crippen molar-refractivity contribution in [2.24, 2.45) is 0 Å². The maximum absolute atomic E-state index is 11.3. The van der Waals surface area contributed by atoms with Crippen LogP contribution in [0.15, 0.2) is 30.3 Å². The highest BCUT2D eigenvalue weighted by molar-refractivity contribution is 6.10. The van der Waals surface area contributed by atoms with Crippen molar-refractivity contribution in [3.8, 4) is 0 Å². The molecule has 3 nitrogen and oxygen atoms in total. The maximum Gasteiger partial charge on any atom is 0.150 e. The molecule has 0 saturated carbocycles. The standard InChI is InChI=1S/C17H22N2O/c1-5-19(6-2)16-11-10-13(12-20)14-8-7-9-15(17(14)16)18(3)4/h7-12H,5-6H2,1-4H3. The Balaban J connectivity index is 2.85. The van der Waals surface area contributed by atoms with Crippen LogP contribution in [-0.2, 0) is 0 Å². The van der Waals surface area contributed by atoms with Crippen LogP contribution in [0.2, 0.25) is 0 Å². The van der Waals surface area contributed by atoms with Crippen LogP contribution in [0.4, 0.5) is 11.4 Å². The van der Waals surface area contributed by atoms with Crippen molar-refractivity contribution >= 4 is 28.4 Å². The Hall–Kier alpha value is -2.03. The van der Waals surface area contributed by atoms with Crippen LogP contribution in [0.3, 0.4) is 0 Å². The third kappa shape index (κ3) is 2.36. The number of rotatable bonds is 5. The summed E-state index contributed by atoms with van der Waals surface area (Å²) in [6, 6.07) is 10.1. The molecule has 0 N–H and O–H groups in total. The summed E-state index contributed by atoms with van der Waals surface area (Å²) in [5.74, 6) is 0. The summed E-state index contributed by atoms with van der Waals surface area (Å²) in [7, 11) is 4.07. The van der Waals surface area contributed by atoms with Crippen molar-refractivity contribution < 1.29 is 4.79 Å². The van der Waals surface area contributed by atoms with E-state index >= 15 is 0 Å². The number of nitrogens with zero attached hydrogens (tertiary/aromatic N) is 2. The van der Waals surface area contributed by atoms with E-state index in [1.165, 1.54) is 5.69 Å². The molecule has 2 aromatic carbocycles. The second-order valence-electron chi connectivity index (χ2n) is 5.06. The van der Waals surface area contributed by atoms with Crippen LogP contribution < -0.4 is 9.80 Å². The van der Waals surface area contributed by atoms with Crippen molar-refractivity contribution in [1.82, 2.24) is 0 Å². The molecule has 3 heteroatoms. The van der Waals surface area contributed by atoms with Gasteiger partial charge in [-0.2, -0.15) is 0 Å². The summed E-state index contributed by atoms with van der Waals surface area (Å²) in [5, 5.41) is 2.18. The lowest BCUT2D eigenvalue weighted by Crippen LogP contribution is -2.22. The quantitative estimate of drug-likeness (QED) is 0.776. The average molecular weight is 270 g/mol. The molecule has 0 aliphatic heterocycles. The van der Waals surface area contributed by atoms with Crippen LogP contribution in [0, 0.1) is 0 Å². The van der Waals surface area contributed by atoms with Gasteiger partial charge in [-0.15, -0.1) is 0 Å². The van der Waals surface area contributed by atoms with E-state index in [0.717, 1.165) is 41.4 Å². The van der Waals surface area contributed by atoms with Gasteiger partial charge in [0.1, 0.15) is 0 Å². The molecule has 0 bridgehead atoms. The fourth-order valence-corrected chi connectivity index (χ4v) is 2.69. The van der Waals surface area contributed by atoms with Crippen molar-refractivity contribution in [3.63, 3.8) is 0 Å². The molecule has 0 spiro atoms. The van der Waals surface area contributed by atoms with Gasteiger partial charge >= 0.3 is 0 Å². The number of fused-ring (bicyclic) bond motifs is 1. The largest absolute Gasteiger partial charge is 0.377 e. The summed E-state index contributed by atoms with van der Waals surface area (Å²) in [5.41, 5.74) is 3.09. The Bertz CT molecular complexity index is 616. The van der Waals surface area contributed by atoms with E-state index < -0.39 is 0 Å². The first-order valence-electron chi connectivity index (χ1n) is 7.07. The molecule has 0 aromatic heterocycles. The summed E-state index contributed by atoms with van der Waals surface area (Å²) >= 11 is 0. The molecule has 2 rings (SSSR count). The summed E-state index contributed by atoms with van der Waals surface area (Å²) in [6.07, 6.45) is 0.938. The molecular formula is C17H22N2O. The number of carbonyl (C=O) groups excluding carboxylic acids is 1. The van der Waals surface area contributed by atoms with Crippen LogP contribution in [0.25, 0.3) is 10.8 Å². The molecule has 0 aliphatic carbocycles. The first-order valence-corrected chi connectivity index (χ1v) is 7.07. The molecule has 20 heavy (non-hydrogen) atoms. The molecule has 106 valence electrons. The first kappa shape index (κ1) is 14.4. The molecular weight excluding hydrogens is 248 g/mol. The van der Waals surface area contributed by atoms with Gasteiger partial charge in [-0.25, -0.2) is 0 Å². The normalized spacial score (nSPS) is 10.6.